The van der Waals surface area contributed by atoms with Crippen LogP contribution in [0.4, 0.5) is 4.79 Å². The number of amides is 1. The van der Waals surface area contributed by atoms with E-state index in [1.165, 1.54) is 7.11 Å². The molecule has 1 aromatic carbocycles. The van der Waals surface area contributed by atoms with Crippen molar-refractivity contribution in [2.45, 2.75) is 25.3 Å². The van der Waals surface area contributed by atoms with Crippen LogP contribution in [-0.4, -0.2) is 51.5 Å². The Hall–Kier alpha value is -2.74. The van der Waals surface area contributed by atoms with E-state index in [4.69, 9.17) is 18.9 Å². The molecule has 1 amide bonds. The van der Waals surface area contributed by atoms with Gasteiger partial charge in [-0.2, -0.15) is 0 Å². The zero-order valence-corrected chi connectivity index (χ0v) is 15.7. The lowest BCUT2D eigenvalue weighted by Crippen LogP contribution is -2.52. The molecule has 2 aliphatic heterocycles. The molecular formula is C19H24N2O6. The highest BCUT2D eigenvalue weighted by Crippen LogP contribution is 2.43. The van der Waals surface area contributed by atoms with Gasteiger partial charge in [-0.15, -0.1) is 0 Å². The fourth-order valence-corrected chi connectivity index (χ4v) is 3.52. The van der Waals surface area contributed by atoms with Gasteiger partial charge in [0.15, 0.2) is 5.76 Å². The number of rotatable bonds is 5. The number of piperidine rings is 1. The maximum Gasteiger partial charge on any atom is 0.513 e. The number of carbonyl (C=O) groups is 2. The van der Waals surface area contributed by atoms with Gasteiger partial charge in [-0.05, 0) is 51.1 Å². The van der Waals surface area contributed by atoms with E-state index < -0.39 is 11.7 Å². The Balaban J connectivity index is 2.16. The summed E-state index contributed by atoms with van der Waals surface area (Å²) in [5.74, 6) is 1.01. The third kappa shape index (κ3) is 3.57. The predicted octanol–water partition coefficient (Wildman–Crippen LogP) is 1.84. The molecule has 1 spiro atoms. The number of hydrogen-bond donors (Lipinski definition) is 2. The lowest BCUT2D eigenvalue weighted by Gasteiger charge is -2.35. The molecule has 2 heterocycles. The van der Waals surface area contributed by atoms with E-state index in [-0.39, 0.29) is 23.8 Å². The largest absolute Gasteiger partial charge is 0.513 e. The average Bonchev–Trinajstić information content (AvgIpc) is 2.92. The molecule has 2 aliphatic rings. The van der Waals surface area contributed by atoms with Gasteiger partial charge in [0.05, 0.1) is 26.4 Å². The smallest absolute Gasteiger partial charge is 0.497 e. The fourth-order valence-electron chi connectivity index (χ4n) is 3.52. The Morgan fingerprint density at radius 3 is 2.56 bits per heavy atom. The second kappa shape index (κ2) is 7.87. The summed E-state index contributed by atoms with van der Waals surface area (Å²) in [5, 5.41) is 6.28. The number of ether oxygens (including phenoxy) is 4. The first kappa shape index (κ1) is 19.0. The van der Waals surface area contributed by atoms with Crippen LogP contribution >= 0.6 is 0 Å². The summed E-state index contributed by atoms with van der Waals surface area (Å²) in [6.45, 7) is 3.26. The van der Waals surface area contributed by atoms with Gasteiger partial charge in [0.2, 0.25) is 0 Å². The van der Waals surface area contributed by atoms with Crippen molar-refractivity contribution in [3.8, 4) is 11.5 Å². The Morgan fingerprint density at radius 2 is 1.93 bits per heavy atom. The summed E-state index contributed by atoms with van der Waals surface area (Å²) >= 11 is 0. The minimum absolute atomic E-state index is 0.180. The van der Waals surface area contributed by atoms with Crippen LogP contribution in [-0.2, 0) is 14.3 Å². The van der Waals surface area contributed by atoms with Crippen molar-refractivity contribution < 1.29 is 28.5 Å². The first-order valence-electron chi connectivity index (χ1n) is 8.89. The Labute approximate surface area is 157 Å². The molecule has 27 heavy (non-hydrogen) atoms. The molecule has 2 N–H and O–H groups in total. The van der Waals surface area contributed by atoms with Crippen LogP contribution < -0.4 is 20.1 Å². The summed E-state index contributed by atoms with van der Waals surface area (Å²) in [6.07, 6.45) is 0.369. The molecule has 0 atom stereocenters. The monoisotopic (exact) mass is 376 g/mol. The van der Waals surface area contributed by atoms with Crippen LogP contribution in [0.25, 0.3) is 5.57 Å². The van der Waals surface area contributed by atoms with Gasteiger partial charge in [-0.25, -0.2) is 4.79 Å². The van der Waals surface area contributed by atoms with Gasteiger partial charge < -0.3 is 29.6 Å². The molecule has 3 rings (SSSR count). The maximum absolute atomic E-state index is 12.9. The topological polar surface area (TPSA) is 95.1 Å². The molecule has 0 radical (unpaired) electrons. The molecule has 1 fully saturated rings. The molecule has 8 nitrogen and oxygen atoms in total. The number of benzene rings is 1. The van der Waals surface area contributed by atoms with Gasteiger partial charge in [-0.3, -0.25) is 4.79 Å². The Kier molecular flexibility index (Phi) is 5.55. The van der Waals surface area contributed by atoms with Crippen molar-refractivity contribution in [2.75, 3.05) is 33.9 Å². The highest BCUT2D eigenvalue weighted by atomic mass is 16.7. The van der Waals surface area contributed by atoms with Gasteiger partial charge >= 0.3 is 6.16 Å². The van der Waals surface area contributed by atoms with Gasteiger partial charge in [-0.1, -0.05) is 0 Å². The summed E-state index contributed by atoms with van der Waals surface area (Å²) in [5.41, 5.74) is 0.0168. The van der Waals surface area contributed by atoms with Crippen molar-refractivity contribution in [3.63, 3.8) is 0 Å². The molecule has 0 bridgehead atoms. The highest BCUT2D eigenvalue weighted by molar-refractivity contribution is 6.24. The van der Waals surface area contributed by atoms with E-state index in [9.17, 15) is 9.59 Å². The second-order valence-corrected chi connectivity index (χ2v) is 6.34. The van der Waals surface area contributed by atoms with E-state index >= 15 is 0 Å². The predicted molar refractivity (Wildman–Crippen MR) is 97.6 cm³/mol. The zero-order chi connectivity index (χ0) is 19.4. The molecular weight excluding hydrogens is 352 g/mol. The van der Waals surface area contributed by atoms with E-state index in [0.29, 0.717) is 43.0 Å². The van der Waals surface area contributed by atoms with E-state index in [1.54, 1.807) is 32.2 Å². The molecule has 0 saturated carbocycles. The number of nitrogens with one attached hydrogen (secondary N) is 2. The molecule has 1 saturated heterocycles. The molecule has 8 heteroatoms. The Morgan fingerprint density at radius 1 is 1.19 bits per heavy atom. The minimum atomic E-state index is -0.832. The second-order valence-electron chi connectivity index (χ2n) is 6.34. The lowest BCUT2D eigenvalue weighted by molar-refractivity contribution is -0.116. The molecule has 0 aliphatic carbocycles. The summed E-state index contributed by atoms with van der Waals surface area (Å²) in [6, 6.07) is 5.15. The first-order chi connectivity index (χ1) is 13.0. The van der Waals surface area contributed by atoms with E-state index in [0.717, 1.165) is 0 Å². The number of methoxy groups -OCH3 is 2. The van der Waals surface area contributed by atoms with Crippen molar-refractivity contribution in [2.24, 2.45) is 0 Å². The van der Waals surface area contributed by atoms with Crippen molar-refractivity contribution in [1.29, 1.82) is 0 Å². The van der Waals surface area contributed by atoms with E-state index in [1.807, 2.05) is 0 Å². The number of carbonyl (C=O) groups excluding carboxylic acids is 2. The molecule has 1 aromatic rings. The van der Waals surface area contributed by atoms with Crippen molar-refractivity contribution >= 4 is 17.6 Å². The van der Waals surface area contributed by atoms with Crippen LogP contribution in [0.2, 0.25) is 0 Å². The van der Waals surface area contributed by atoms with Crippen molar-refractivity contribution in [1.82, 2.24) is 10.6 Å². The Bertz CT molecular complexity index is 767. The number of hydrogen-bond acceptors (Lipinski definition) is 7. The van der Waals surface area contributed by atoms with Crippen molar-refractivity contribution in [3.05, 3.63) is 29.5 Å². The van der Waals surface area contributed by atoms with E-state index in [2.05, 4.69) is 10.6 Å². The van der Waals surface area contributed by atoms with Gasteiger partial charge in [0.1, 0.15) is 17.0 Å². The fraction of sp³-hybridized carbons (Fsp3) is 0.474. The van der Waals surface area contributed by atoms with Crippen LogP contribution in [0.1, 0.15) is 25.3 Å². The highest BCUT2D eigenvalue weighted by Gasteiger charge is 2.49. The lowest BCUT2D eigenvalue weighted by atomic mass is 9.86. The first-order valence-corrected chi connectivity index (χ1v) is 8.89. The summed E-state index contributed by atoms with van der Waals surface area (Å²) < 4.78 is 21.2. The maximum atomic E-state index is 12.9. The third-order valence-corrected chi connectivity index (χ3v) is 4.82. The standard InChI is InChI=1S/C19H24N2O6/c1-4-26-18(23)27-16-15(13-11-12(24-2)5-6-14(13)25-3)17(22)21-19(16)7-9-20-10-8-19/h5-6,11,20H,4,7-10H2,1-3H3,(H,21,22). The van der Waals surface area contributed by atoms with Gasteiger partial charge in [0, 0.05) is 5.56 Å². The quantitative estimate of drug-likeness (QED) is 0.757. The van der Waals surface area contributed by atoms with Crippen LogP contribution in [0.3, 0.4) is 0 Å². The summed E-state index contributed by atoms with van der Waals surface area (Å²) in [4.78, 5) is 25.0. The molecule has 0 aromatic heterocycles. The summed E-state index contributed by atoms with van der Waals surface area (Å²) in [7, 11) is 3.06. The normalized spacial score (nSPS) is 18.3. The molecule has 146 valence electrons. The van der Waals surface area contributed by atoms with Crippen LogP contribution in [0.5, 0.6) is 11.5 Å². The van der Waals surface area contributed by atoms with Crippen LogP contribution in [0, 0.1) is 0 Å². The minimum Gasteiger partial charge on any atom is -0.497 e. The SMILES string of the molecule is CCOC(=O)OC1=C(c2cc(OC)ccc2OC)C(=O)NC12CCNCC2. The zero-order valence-electron chi connectivity index (χ0n) is 15.7. The average molecular weight is 376 g/mol. The molecule has 0 unspecified atom stereocenters. The third-order valence-electron chi connectivity index (χ3n) is 4.82. The van der Waals surface area contributed by atoms with Crippen LogP contribution in [0.15, 0.2) is 24.0 Å². The van der Waals surface area contributed by atoms with Gasteiger partial charge in [0.25, 0.3) is 5.91 Å².